The zero-order chi connectivity index (χ0) is 18.5. The van der Waals surface area contributed by atoms with Crippen LogP contribution in [0.3, 0.4) is 0 Å². The zero-order valence-corrected chi connectivity index (χ0v) is 15.2. The third-order valence-electron chi connectivity index (χ3n) is 3.42. The lowest BCUT2D eigenvalue weighted by Gasteiger charge is -2.10. The second kappa shape index (κ2) is 8.03. The van der Waals surface area contributed by atoms with E-state index in [0.717, 1.165) is 5.69 Å². The van der Waals surface area contributed by atoms with Crippen LogP contribution in [0.5, 0.6) is 5.75 Å². The number of para-hydroxylation sites is 1. The molecule has 0 saturated carbocycles. The summed E-state index contributed by atoms with van der Waals surface area (Å²) in [4.78, 5) is 20.8. The molecule has 1 heterocycles. The van der Waals surface area contributed by atoms with E-state index < -0.39 is 5.91 Å². The highest BCUT2D eigenvalue weighted by atomic mass is 35.5. The summed E-state index contributed by atoms with van der Waals surface area (Å²) in [6.45, 7) is 0. The molecule has 1 amide bonds. The summed E-state index contributed by atoms with van der Waals surface area (Å²) >= 11 is 12.1. The largest absolute Gasteiger partial charge is 0.497 e. The van der Waals surface area contributed by atoms with E-state index in [-0.39, 0.29) is 11.6 Å². The Morgan fingerprint density at radius 3 is 2.54 bits per heavy atom. The molecule has 0 spiro atoms. The second-order valence-corrected chi connectivity index (χ2v) is 5.99. The highest BCUT2D eigenvalue weighted by Gasteiger charge is 2.13. The van der Waals surface area contributed by atoms with Crippen LogP contribution in [0.2, 0.25) is 10.0 Å². The van der Waals surface area contributed by atoms with Gasteiger partial charge in [-0.3, -0.25) is 4.79 Å². The summed E-state index contributed by atoms with van der Waals surface area (Å²) in [5, 5.41) is 6.37. The molecule has 0 atom stereocenters. The number of hydrogen-bond donors (Lipinski definition) is 2. The summed E-state index contributed by atoms with van der Waals surface area (Å²) in [5.74, 6) is 0.518. The number of hydrogen-bond acceptors (Lipinski definition) is 5. The fourth-order valence-electron chi connectivity index (χ4n) is 2.17. The molecule has 0 saturated heterocycles. The number of amides is 1. The first-order valence-corrected chi connectivity index (χ1v) is 8.32. The molecular formula is C18H14Cl2N4O2. The topological polar surface area (TPSA) is 76.1 Å². The number of aromatic nitrogens is 2. The SMILES string of the molecule is COc1cccc(Nc2nccc(C(=O)Nc3c(Cl)cccc3Cl)n2)c1. The van der Waals surface area contributed by atoms with Crippen LogP contribution in [0, 0.1) is 0 Å². The van der Waals surface area contributed by atoms with Gasteiger partial charge in [-0.1, -0.05) is 35.3 Å². The van der Waals surface area contributed by atoms with Gasteiger partial charge in [0, 0.05) is 18.0 Å². The average molecular weight is 389 g/mol. The quantitative estimate of drug-likeness (QED) is 0.656. The number of anilines is 3. The van der Waals surface area contributed by atoms with Gasteiger partial charge in [0.25, 0.3) is 5.91 Å². The van der Waals surface area contributed by atoms with Crippen molar-refractivity contribution in [3.05, 3.63) is 70.5 Å². The van der Waals surface area contributed by atoms with E-state index in [2.05, 4.69) is 20.6 Å². The van der Waals surface area contributed by atoms with Crippen molar-refractivity contribution in [1.29, 1.82) is 0 Å². The molecule has 0 radical (unpaired) electrons. The number of rotatable bonds is 5. The van der Waals surface area contributed by atoms with Crippen LogP contribution in [-0.2, 0) is 0 Å². The lowest BCUT2D eigenvalue weighted by atomic mass is 10.3. The van der Waals surface area contributed by atoms with Gasteiger partial charge in [0.1, 0.15) is 11.4 Å². The number of carbonyl (C=O) groups excluding carboxylic acids is 1. The van der Waals surface area contributed by atoms with E-state index in [0.29, 0.717) is 21.5 Å². The monoisotopic (exact) mass is 388 g/mol. The van der Waals surface area contributed by atoms with Crippen molar-refractivity contribution < 1.29 is 9.53 Å². The molecule has 0 aliphatic carbocycles. The number of benzene rings is 2. The Morgan fingerprint density at radius 2 is 1.81 bits per heavy atom. The summed E-state index contributed by atoms with van der Waals surface area (Å²) in [6, 6.07) is 13.7. The van der Waals surface area contributed by atoms with Gasteiger partial charge in [0.2, 0.25) is 5.95 Å². The molecule has 3 rings (SSSR count). The fraction of sp³-hybridized carbons (Fsp3) is 0.0556. The first kappa shape index (κ1) is 18.0. The Hall–Kier alpha value is -2.83. The molecule has 0 unspecified atom stereocenters. The van der Waals surface area contributed by atoms with Gasteiger partial charge < -0.3 is 15.4 Å². The van der Waals surface area contributed by atoms with Crippen LogP contribution in [0.25, 0.3) is 0 Å². The maximum Gasteiger partial charge on any atom is 0.274 e. The molecule has 8 heteroatoms. The summed E-state index contributed by atoms with van der Waals surface area (Å²) in [6.07, 6.45) is 1.48. The molecule has 6 nitrogen and oxygen atoms in total. The lowest BCUT2D eigenvalue weighted by molar-refractivity contribution is 0.102. The molecule has 2 N–H and O–H groups in total. The van der Waals surface area contributed by atoms with Gasteiger partial charge in [-0.05, 0) is 30.3 Å². The van der Waals surface area contributed by atoms with E-state index in [1.165, 1.54) is 12.3 Å². The maximum atomic E-state index is 12.5. The van der Waals surface area contributed by atoms with Crippen LogP contribution in [0.1, 0.15) is 10.5 Å². The van der Waals surface area contributed by atoms with E-state index in [1.807, 2.05) is 18.2 Å². The molecule has 26 heavy (non-hydrogen) atoms. The normalized spacial score (nSPS) is 10.3. The van der Waals surface area contributed by atoms with Crippen molar-refractivity contribution in [2.24, 2.45) is 0 Å². The van der Waals surface area contributed by atoms with Crippen molar-refractivity contribution in [3.8, 4) is 5.75 Å². The Bertz CT molecular complexity index is 930. The van der Waals surface area contributed by atoms with Gasteiger partial charge in [-0.25, -0.2) is 9.97 Å². The second-order valence-electron chi connectivity index (χ2n) is 5.17. The third-order valence-corrected chi connectivity index (χ3v) is 4.05. The Labute approximate surface area is 160 Å². The minimum Gasteiger partial charge on any atom is -0.497 e. The summed E-state index contributed by atoms with van der Waals surface area (Å²) in [5.41, 5.74) is 1.24. The first-order chi connectivity index (χ1) is 12.6. The standard InChI is InChI=1S/C18H14Cl2N4O2/c1-26-12-5-2-4-11(10-12)22-18-21-9-8-15(23-18)17(25)24-16-13(19)6-3-7-14(16)20/h2-10H,1H3,(H,24,25)(H,21,22,23). The molecule has 1 aromatic heterocycles. The molecule has 0 aliphatic heterocycles. The fourth-order valence-corrected chi connectivity index (χ4v) is 2.66. The molecule has 132 valence electrons. The minimum atomic E-state index is -0.448. The Morgan fingerprint density at radius 1 is 1.08 bits per heavy atom. The van der Waals surface area contributed by atoms with Crippen molar-refractivity contribution in [3.63, 3.8) is 0 Å². The summed E-state index contributed by atoms with van der Waals surface area (Å²) < 4.78 is 5.17. The van der Waals surface area contributed by atoms with Gasteiger partial charge in [-0.2, -0.15) is 0 Å². The number of nitrogens with zero attached hydrogens (tertiary/aromatic N) is 2. The van der Waals surface area contributed by atoms with Crippen molar-refractivity contribution in [2.75, 3.05) is 17.7 Å². The maximum absolute atomic E-state index is 12.5. The zero-order valence-electron chi connectivity index (χ0n) is 13.7. The van der Waals surface area contributed by atoms with Crippen LogP contribution < -0.4 is 15.4 Å². The molecule has 0 aliphatic rings. The minimum absolute atomic E-state index is 0.168. The first-order valence-electron chi connectivity index (χ1n) is 7.56. The van der Waals surface area contributed by atoms with E-state index in [9.17, 15) is 4.79 Å². The number of methoxy groups -OCH3 is 1. The third kappa shape index (κ3) is 4.22. The molecular weight excluding hydrogens is 375 g/mol. The van der Waals surface area contributed by atoms with Gasteiger partial charge >= 0.3 is 0 Å². The van der Waals surface area contributed by atoms with Crippen molar-refractivity contribution in [2.45, 2.75) is 0 Å². The average Bonchev–Trinajstić information content (AvgIpc) is 2.65. The Balaban J connectivity index is 1.79. The van der Waals surface area contributed by atoms with E-state index >= 15 is 0 Å². The number of ether oxygens (including phenoxy) is 1. The molecule has 0 fully saturated rings. The van der Waals surface area contributed by atoms with Crippen LogP contribution in [0.15, 0.2) is 54.7 Å². The number of halogens is 2. The van der Waals surface area contributed by atoms with Crippen molar-refractivity contribution >= 4 is 46.4 Å². The molecule has 0 bridgehead atoms. The predicted molar refractivity (Wildman–Crippen MR) is 103 cm³/mol. The molecule has 3 aromatic rings. The summed E-state index contributed by atoms with van der Waals surface area (Å²) in [7, 11) is 1.58. The number of carbonyl (C=O) groups is 1. The van der Waals surface area contributed by atoms with E-state index in [1.54, 1.807) is 31.4 Å². The van der Waals surface area contributed by atoms with Crippen LogP contribution in [-0.4, -0.2) is 23.0 Å². The van der Waals surface area contributed by atoms with Crippen LogP contribution in [0.4, 0.5) is 17.3 Å². The highest BCUT2D eigenvalue weighted by Crippen LogP contribution is 2.30. The lowest BCUT2D eigenvalue weighted by Crippen LogP contribution is -2.15. The Kier molecular flexibility index (Phi) is 5.55. The van der Waals surface area contributed by atoms with Gasteiger partial charge in [0.15, 0.2) is 0 Å². The highest BCUT2D eigenvalue weighted by molar-refractivity contribution is 6.40. The number of nitrogens with one attached hydrogen (secondary N) is 2. The van der Waals surface area contributed by atoms with E-state index in [4.69, 9.17) is 27.9 Å². The smallest absolute Gasteiger partial charge is 0.274 e. The van der Waals surface area contributed by atoms with Crippen LogP contribution >= 0.6 is 23.2 Å². The molecule has 2 aromatic carbocycles. The predicted octanol–water partition coefficient (Wildman–Crippen LogP) is 4.79. The van der Waals surface area contributed by atoms with Gasteiger partial charge in [0.05, 0.1) is 22.8 Å². The van der Waals surface area contributed by atoms with Crippen molar-refractivity contribution in [1.82, 2.24) is 9.97 Å². The van der Waals surface area contributed by atoms with Gasteiger partial charge in [-0.15, -0.1) is 0 Å².